The van der Waals surface area contributed by atoms with Gasteiger partial charge in [0.2, 0.25) is 0 Å². The highest BCUT2D eigenvalue weighted by molar-refractivity contribution is 7.17. The van der Waals surface area contributed by atoms with Gasteiger partial charge in [0, 0.05) is 17.4 Å². The van der Waals surface area contributed by atoms with E-state index < -0.39 is 0 Å². The largest absolute Gasteiger partial charge is 0.284 e. The molecular weight excluding hydrogens is 299 g/mol. The van der Waals surface area contributed by atoms with E-state index in [-0.39, 0.29) is 17.9 Å². The van der Waals surface area contributed by atoms with E-state index in [0.29, 0.717) is 22.5 Å². The van der Waals surface area contributed by atoms with E-state index in [1.54, 1.807) is 12.1 Å². The topological polar surface area (TPSA) is 34.9 Å². The van der Waals surface area contributed by atoms with Crippen molar-refractivity contribution in [2.45, 2.75) is 19.9 Å². The van der Waals surface area contributed by atoms with Crippen LogP contribution in [0.5, 0.6) is 0 Å². The molecule has 0 unspecified atom stereocenters. The van der Waals surface area contributed by atoms with Crippen LogP contribution in [0.3, 0.4) is 0 Å². The van der Waals surface area contributed by atoms with E-state index in [4.69, 9.17) is 6.42 Å². The maximum atomic E-state index is 13.1. The van der Waals surface area contributed by atoms with Gasteiger partial charge in [0.05, 0.1) is 11.9 Å². The predicted octanol–water partition coefficient (Wildman–Crippen LogP) is 3.46. The van der Waals surface area contributed by atoms with Crippen molar-refractivity contribution in [2.75, 3.05) is 0 Å². The van der Waals surface area contributed by atoms with E-state index >= 15 is 0 Å². The summed E-state index contributed by atoms with van der Waals surface area (Å²) in [6.45, 7) is 2.14. The molecule has 0 saturated heterocycles. The highest BCUT2D eigenvalue weighted by atomic mass is 32.1. The first-order valence-corrected chi connectivity index (χ1v) is 7.74. The van der Waals surface area contributed by atoms with Crippen LogP contribution in [0.15, 0.2) is 34.4 Å². The number of halogens is 1. The zero-order valence-electron chi connectivity index (χ0n) is 12.0. The van der Waals surface area contributed by atoms with E-state index in [1.165, 1.54) is 28.0 Å². The standard InChI is InChI=1S/C17H13FN2OS/c1-3-9-20-14(4-2)19-16-15(17(20)21)13(10-22-16)11-5-7-12(18)8-6-11/h1,5-8,10H,4,9H2,2H3. The molecule has 0 radical (unpaired) electrons. The average Bonchev–Trinajstić information content (AvgIpc) is 2.95. The maximum absolute atomic E-state index is 13.1. The van der Waals surface area contributed by atoms with Crippen molar-refractivity contribution in [2.24, 2.45) is 0 Å². The van der Waals surface area contributed by atoms with Crippen LogP contribution >= 0.6 is 11.3 Å². The van der Waals surface area contributed by atoms with E-state index in [1.807, 2.05) is 12.3 Å². The quantitative estimate of drug-likeness (QED) is 0.694. The van der Waals surface area contributed by atoms with Crippen molar-refractivity contribution in [1.82, 2.24) is 9.55 Å². The van der Waals surface area contributed by atoms with Gasteiger partial charge in [-0.2, -0.15) is 0 Å². The molecule has 0 fully saturated rings. The molecule has 5 heteroatoms. The molecule has 0 aliphatic heterocycles. The number of benzene rings is 1. The Balaban J connectivity index is 2.31. The van der Waals surface area contributed by atoms with Crippen LogP contribution in [0.25, 0.3) is 21.3 Å². The number of fused-ring (bicyclic) bond motifs is 1. The summed E-state index contributed by atoms with van der Waals surface area (Å²) in [5.41, 5.74) is 1.43. The Morgan fingerprint density at radius 2 is 2.09 bits per heavy atom. The summed E-state index contributed by atoms with van der Waals surface area (Å²) < 4.78 is 14.6. The normalized spacial score (nSPS) is 10.8. The van der Waals surface area contributed by atoms with Gasteiger partial charge in [-0.05, 0) is 17.7 Å². The van der Waals surface area contributed by atoms with Gasteiger partial charge in [-0.15, -0.1) is 17.8 Å². The third-order valence-corrected chi connectivity index (χ3v) is 4.37. The average molecular weight is 312 g/mol. The smallest absolute Gasteiger partial charge is 0.263 e. The minimum Gasteiger partial charge on any atom is -0.284 e. The highest BCUT2D eigenvalue weighted by Crippen LogP contribution is 2.31. The number of aryl methyl sites for hydroxylation is 1. The number of nitrogens with zero attached hydrogens (tertiary/aromatic N) is 2. The van der Waals surface area contributed by atoms with Crippen LogP contribution in [0.2, 0.25) is 0 Å². The van der Waals surface area contributed by atoms with Gasteiger partial charge >= 0.3 is 0 Å². The first kappa shape index (κ1) is 14.5. The first-order valence-electron chi connectivity index (χ1n) is 6.86. The van der Waals surface area contributed by atoms with Crippen LogP contribution in [-0.2, 0) is 13.0 Å². The molecule has 0 spiro atoms. The lowest BCUT2D eigenvalue weighted by Crippen LogP contribution is -2.24. The highest BCUT2D eigenvalue weighted by Gasteiger charge is 2.15. The third kappa shape index (κ3) is 2.32. The molecule has 0 amide bonds. The Bertz CT molecular complexity index is 932. The van der Waals surface area contributed by atoms with Crippen molar-refractivity contribution in [3.05, 3.63) is 51.6 Å². The number of hydrogen-bond donors (Lipinski definition) is 0. The van der Waals surface area contributed by atoms with Gasteiger partial charge in [-0.1, -0.05) is 25.0 Å². The fraction of sp³-hybridized carbons (Fsp3) is 0.176. The second-order valence-electron chi connectivity index (χ2n) is 4.81. The van der Waals surface area contributed by atoms with Gasteiger partial charge in [-0.3, -0.25) is 9.36 Å². The summed E-state index contributed by atoms with van der Waals surface area (Å²) in [6, 6.07) is 6.09. The lowest BCUT2D eigenvalue weighted by molar-refractivity contribution is 0.628. The Hall–Kier alpha value is -2.45. The lowest BCUT2D eigenvalue weighted by atomic mass is 10.1. The minimum atomic E-state index is -0.306. The second-order valence-corrected chi connectivity index (χ2v) is 5.67. The van der Waals surface area contributed by atoms with Crippen LogP contribution in [0.1, 0.15) is 12.7 Å². The van der Waals surface area contributed by atoms with Gasteiger partial charge in [0.25, 0.3) is 5.56 Å². The molecule has 0 aliphatic rings. The maximum Gasteiger partial charge on any atom is 0.263 e. The molecule has 0 atom stereocenters. The van der Waals surface area contributed by atoms with Crippen molar-refractivity contribution >= 4 is 21.6 Å². The number of rotatable bonds is 3. The lowest BCUT2D eigenvalue weighted by Gasteiger charge is -2.08. The van der Waals surface area contributed by atoms with Gasteiger partial charge in [0.1, 0.15) is 16.5 Å². The van der Waals surface area contributed by atoms with E-state index in [2.05, 4.69) is 10.9 Å². The number of thiophene rings is 1. The molecule has 2 aromatic heterocycles. The summed E-state index contributed by atoms with van der Waals surface area (Å²) in [6.07, 6.45) is 6.00. The SMILES string of the molecule is C#CCn1c(CC)nc2scc(-c3ccc(F)cc3)c2c1=O. The number of hydrogen-bond acceptors (Lipinski definition) is 3. The third-order valence-electron chi connectivity index (χ3n) is 3.49. The molecule has 110 valence electrons. The molecule has 22 heavy (non-hydrogen) atoms. The summed E-state index contributed by atoms with van der Waals surface area (Å²) in [4.78, 5) is 18.0. The molecule has 0 N–H and O–H groups in total. The van der Waals surface area contributed by atoms with E-state index in [0.717, 1.165) is 11.1 Å². The molecule has 0 bridgehead atoms. The van der Waals surface area contributed by atoms with Gasteiger partial charge in [0.15, 0.2) is 0 Å². The molecule has 0 saturated carbocycles. The van der Waals surface area contributed by atoms with Crippen molar-refractivity contribution in [3.8, 4) is 23.5 Å². The first-order chi connectivity index (χ1) is 10.7. The van der Waals surface area contributed by atoms with E-state index in [9.17, 15) is 9.18 Å². The number of aromatic nitrogens is 2. The van der Waals surface area contributed by atoms with Gasteiger partial charge < -0.3 is 0 Å². The second kappa shape index (κ2) is 5.74. The van der Waals surface area contributed by atoms with Crippen molar-refractivity contribution in [1.29, 1.82) is 0 Å². The molecule has 0 aliphatic carbocycles. The van der Waals surface area contributed by atoms with Gasteiger partial charge in [-0.25, -0.2) is 9.37 Å². The zero-order chi connectivity index (χ0) is 15.7. The molecule has 1 aromatic carbocycles. The molecule has 3 aromatic rings. The Labute approximate surface area is 131 Å². The van der Waals surface area contributed by atoms with Crippen molar-refractivity contribution in [3.63, 3.8) is 0 Å². The summed E-state index contributed by atoms with van der Waals surface area (Å²) in [5.74, 6) is 2.88. The van der Waals surface area contributed by atoms with Crippen LogP contribution in [0.4, 0.5) is 4.39 Å². The molecule has 3 rings (SSSR count). The monoisotopic (exact) mass is 312 g/mol. The fourth-order valence-corrected chi connectivity index (χ4v) is 3.39. The molecule has 3 nitrogen and oxygen atoms in total. The van der Waals surface area contributed by atoms with Crippen molar-refractivity contribution < 1.29 is 4.39 Å². The summed E-state index contributed by atoms with van der Waals surface area (Å²) in [5, 5.41) is 2.43. The summed E-state index contributed by atoms with van der Waals surface area (Å²) in [7, 11) is 0. The Morgan fingerprint density at radius 3 is 2.73 bits per heavy atom. The predicted molar refractivity (Wildman–Crippen MR) is 87.5 cm³/mol. The van der Waals surface area contributed by atoms with Crippen LogP contribution in [0, 0.1) is 18.2 Å². The summed E-state index contributed by atoms with van der Waals surface area (Å²) >= 11 is 1.41. The van der Waals surface area contributed by atoms with Crippen LogP contribution in [-0.4, -0.2) is 9.55 Å². The Morgan fingerprint density at radius 1 is 1.36 bits per heavy atom. The zero-order valence-corrected chi connectivity index (χ0v) is 12.8. The molecular formula is C17H13FN2OS. The molecule has 2 heterocycles. The Kier molecular flexibility index (Phi) is 3.78. The van der Waals surface area contributed by atoms with Crippen LogP contribution < -0.4 is 5.56 Å². The fourth-order valence-electron chi connectivity index (χ4n) is 2.43. The minimum absolute atomic E-state index is 0.139. The number of terminal acetylenes is 1.